The number of rotatable bonds is 4. The van der Waals surface area contributed by atoms with Crippen LogP contribution in [-0.2, 0) is 4.74 Å². The van der Waals surface area contributed by atoms with Crippen molar-refractivity contribution >= 4 is 17.3 Å². The smallest absolute Gasteiger partial charge is 0.337 e. The molecule has 0 radical (unpaired) electrons. The van der Waals surface area contributed by atoms with Gasteiger partial charge in [-0.1, -0.05) is 0 Å². The number of carboxylic acid groups (broad SMARTS) is 1. The van der Waals surface area contributed by atoms with Crippen LogP contribution < -0.4 is 11.1 Å². The lowest BCUT2D eigenvalue weighted by atomic mass is 10.0. The Bertz CT molecular complexity index is 454. The van der Waals surface area contributed by atoms with Gasteiger partial charge in [0.15, 0.2) is 0 Å². The van der Waals surface area contributed by atoms with Gasteiger partial charge in [0.05, 0.1) is 16.9 Å². The van der Waals surface area contributed by atoms with Crippen LogP contribution >= 0.6 is 0 Å². The maximum absolute atomic E-state index is 11.1. The van der Waals surface area contributed by atoms with Crippen molar-refractivity contribution in [3.05, 3.63) is 23.8 Å². The lowest BCUT2D eigenvalue weighted by molar-refractivity contribution is 0.0314. The number of hydrogen-bond acceptors (Lipinski definition) is 4. The van der Waals surface area contributed by atoms with Crippen LogP contribution in [0, 0.1) is 0 Å². The van der Waals surface area contributed by atoms with Crippen molar-refractivity contribution in [1.29, 1.82) is 0 Å². The molecule has 1 aromatic carbocycles. The summed E-state index contributed by atoms with van der Waals surface area (Å²) in [5, 5.41) is 12.2. The fourth-order valence-electron chi connectivity index (χ4n) is 2.15. The molecule has 0 saturated carbocycles. The van der Waals surface area contributed by atoms with E-state index in [0.717, 1.165) is 19.4 Å². The molecule has 5 nitrogen and oxygen atoms in total. The van der Waals surface area contributed by atoms with Crippen LogP contribution in [0.2, 0.25) is 0 Å². The molecule has 0 aromatic heterocycles. The second-order valence-electron chi connectivity index (χ2n) is 4.87. The van der Waals surface area contributed by atoms with Gasteiger partial charge in [-0.2, -0.15) is 0 Å². The summed E-state index contributed by atoms with van der Waals surface area (Å²) in [7, 11) is 0. The minimum atomic E-state index is -0.963. The molecule has 1 saturated heterocycles. The van der Waals surface area contributed by atoms with Crippen LogP contribution in [0.4, 0.5) is 11.4 Å². The number of nitrogens with two attached hydrogens (primary N) is 1. The van der Waals surface area contributed by atoms with Crippen LogP contribution in [-0.4, -0.2) is 29.8 Å². The molecule has 1 fully saturated rings. The highest BCUT2D eigenvalue weighted by atomic mass is 16.5. The predicted molar refractivity (Wildman–Crippen MR) is 69.9 cm³/mol. The molecule has 18 heavy (non-hydrogen) atoms. The molecule has 0 aliphatic carbocycles. The van der Waals surface area contributed by atoms with Crippen LogP contribution in [0.3, 0.4) is 0 Å². The van der Waals surface area contributed by atoms with E-state index in [4.69, 9.17) is 15.6 Å². The highest BCUT2D eigenvalue weighted by Gasteiger charge is 2.29. The van der Waals surface area contributed by atoms with Gasteiger partial charge >= 0.3 is 5.97 Å². The lowest BCUT2D eigenvalue weighted by Crippen LogP contribution is -2.32. The molecule has 0 spiro atoms. The Kier molecular flexibility index (Phi) is 3.43. The van der Waals surface area contributed by atoms with Gasteiger partial charge in [-0.15, -0.1) is 0 Å². The van der Waals surface area contributed by atoms with Crippen molar-refractivity contribution in [2.24, 2.45) is 0 Å². The molecule has 98 valence electrons. The van der Waals surface area contributed by atoms with Gasteiger partial charge in [-0.25, -0.2) is 4.79 Å². The van der Waals surface area contributed by atoms with E-state index in [1.807, 2.05) is 6.92 Å². The first-order valence-corrected chi connectivity index (χ1v) is 6.01. The van der Waals surface area contributed by atoms with Gasteiger partial charge in [-0.05, 0) is 38.0 Å². The van der Waals surface area contributed by atoms with Crippen molar-refractivity contribution in [1.82, 2.24) is 0 Å². The van der Waals surface area contributed by atoms with Crippen molar-refractivity contribution in [3.8, 4) is 0 Å². The molecule has 0 amide bonds. The Morgan fingerprint density at radius 3 is 3.00 bits per heavy atom. The Labute approximate surface area is 106 Å². The number of hydrogen-bond donors (Lipinski definition) is 3. The molecule has 1 unspecified atom stereocenters. The third kappa shape index (κ3) is 2.73. The standard InChI is InChI=1S/C13H18N2O3/c1-13(5-2-6-18-13)8-15-11-7-9(14)3-4-10(11)12(16)17/h3-4,7,15H,2,5-6,8,14H2,1H3,(H,16,17). The molecule has 4 N–H and O–H groups in total. The van der Waals surface area contributed by atoms with Crippen LogP contribution in [0.5, 0.6) is 0 Å². The van der Waals surface area contributed by atoms with Crippen LogP contribution in [0.1, 0.15) is 30.1 Å². The normalized spacial score (nSPS) is 22.9. The van der Waals surface area contributed by atoms with E-state index >= 15 is 0 Å². The molecule has 1 aliphatic rings. The fourth-order valence-corrected chi connectivity index (χ4v) is 2.15. The summed E-state index contributed by atoms with van der Waals surface area (Å²) in [6.07, 6.45) is 2.02. The van der Waals surface area contributed by atoms with E-state index < -0.39 is 5.97 Å². The van der Waals surface area contributed by atoms with Gasteiger partial charge in [-0.3, -0.25) is 0 Å². The number of ether oxygens (including phenoxy) is 1. The van der Waals surface area contributed by atoms with Gasteiger partial charge < -0.3 is 20.9 Å². The molecular formula is C13H18N2O3. The average Bonchev–Trinajstić information content (AvgIpc) is 2.74. The summed E-state index contributed by atoms with van der Waals surface area (Å²) in [5.74, 6) is -0.963. The maximum atomic E-state index is 11.1. The van der Waals surface area contributed by atoms with Gasteiger partial charge in [0.1, 0.15) is 0 Å². The second-order valence-corrected chi connectivity index (χ2v) is 4.87. The number of anilines is 2. The number of carboxylic acids is 1. The Balaban J connectivity index is 2.12. The number of nitrogen functional groups attached to an aromatic ring is 1. The molecule has 1 heterocycles. The molecule has 0 bridgehead atoms. The topological polar surface area (TPSA) is 84.6 Å². The summed E-state index contributed by atoms with van der Waals surface area (Å²) in [6.45, 7) is 3.37. The number of carbonyl (C=O) groups is 1. The Morgan fingerprint density at radius 2 is 2.39 bits per heavy atom. The van der Waals surface area contributed by atoms with E-state index in [1.54, 1.807) is 12.1 Å². The monoisotopic (exact) mass is 250 g/mol. The molecule has 1 aromatic rings. The summed E-state index contributed by atoms with van der Waals surface area (Å²) in [4.78, 5) is 11.1. The second kappa shape index (κ2) is 4.86. The molecule has 2 rings (SSSR count). The zero-order valence-electron chi connectivity index (χ0n) is 10.4. The molecule has 1 atom stereocenters. The third-order valence-corrected chi connectivity index (χ3v) is 3.23. The minimum absolute atomic E-state index is 0.222. The first-order valence-electron chi connectivity index (χ1n) is 6.01. The SMILES string of the molecule is CC1(CNc2cc(N)ccc2C(=O)O)CCCO1. The zero-order chi connectivity index (χ0) is 13.2. The Hall–Kier alpha value is -1.75. The summed E-state index contributed by atoms with van der Waals surface area (Å²) >= 11 is 0. The van der Waals surface area contributed by atoms with Gasteiger partial charge in [0.25, 0.3) is 0 Å². The molecule has 5 heteroatoms. The zero-order valence-corrected chi connectivity index (χ0v) is 10.4. The lowest BCUT2D eigenvalue weighted by Gasteiger charge is -2.24. The Morgan fingerprint density at radius 1 is 1.61 bits per heavy atom. The number of aromatic carboxylic acids is 1. The highest BCUT2D eigenvalue weighted by Crippen LogP contribution is 2.27. The van der Waals surface area contributed by atoms with E-state index in [0.29, 0.717) is 17.9 Å². The molecular weight excluding hydrogens is 232 g/mol. The summed E-state index contributed by atoms with van der Waals surface area (Å²) in [6, 6.07) is 4.74. The number of benzene rings is 1. The molecule has 1 aliphatic heterocycles. The van der Waals surface area contributed by atoms with Gasteiger partial charge in [0.2, 0.25) is 0 Å². The van der Waals surface area contributed by atoms with E-state index in [1.165, 1.54) is 6.07 Å². The number of nitrogens with one attached hydrogen (secondary N) is 1. The summed E-state index contributed by atoms with van der Waals surface area (Å²) in [5.41, 5.74) is 6.77. The van der Waals surface area contributed by atoms with Crippen molar-refractivity contribution < 1.29 is 14.6 Å². The van der Waals surface area contributed by atoms with E-state index in [9.17, 15) is 4.79 Å². The highest BCUT2D eigenvalue weighted by molar-refractivity contribution is 5.95. The van der Waals surface area contributed by atoms with Crippen LogP contribution in [0.25, 0.3) is 0 Å². The van der Waals surface area contributed by atoms with Crippen molar-refractivity contribution in [2.75, 3.05) is 24.2 Å². The maximum Gasteiger partial charge on any atom is 0.337 e. The van der Waals surface area contributed by atoms with Crippen molar-refractivity contribution in [2.45, 2.75) is 25.4 Å². The van der Waals surface area contributed by atoms with Crippen molar-refractivity contribution in [3.63, 3.8) is 0 Å². The third-order valence-electron chi connectivity index (χ3n) is 3.23. The average molecular weight is 250 g/mol. The first kappa shape index (κ1) is 12.7. The van der Waals surface area contributed by atoms with Gasteiger partial charge in [0, 0.05) is 18.8 Å². The van der Waals surface area contributed by atoms with E-state index in [2.05, 4.69) is 5.32 Å². The minimum Gasteiger partial charge on any atom is -0.478 e. The quantitative estimate of drug-likeness (QED) is 0.711. The fraction of sp³-hybridized carbons (Fsp3) is 0.462. The van der Waals surface area contributed by atoms with Crippen LogP contribution in [0.15, 0.2) is 18.2 Å². The first-order chi connectivity index (χ1) is 8.50. The van der Waals surface area contributed by atoms with E-state index in [-0.39, 0.29) is 11.2 Å². The summed E-state index contributed by atoms with van der Waals surface area (Å²) < 4.78 is 5.65. The predicted octanol–water partition coefficient (Wildman–Crippen LogP) is 1.95. The largest absolute Gasteiger partial charge is 0.478 e.